The predicted octanol–water partition coefficient (Wildman–Crippen LogP) is 3.91. The summed E-state index contributed by atoms with van der Waals surface area (Å²) >= 11 is 0. The van der Waals surface area contributed by atoms with E-state index in [1.165, 1.54) is 11.1 Å². The molecular weight excluding hydrogens is 332 g/mol. The molecule has 0 unspecified atom stereocenters. The summed E-state index contributed by atoms with van der Waals surface area (Å²) in [6.45, 7) is 3.46. The molecule has 2 aromatic rings. The van der Waals surface area contributed by atoms with Crippen molar-refractivity contribution in [1.82, 2.24) is 9.80 Å². The van der Waals surface area contributed by atoms with Crippen molar-refractivity contribution in [2.75, 3.05) is 19.6 Å². The second-order valence-electron chi connectivity index (χ2n) is 7.75. The standard InChI is InChI=1S/C24H28N2O/c27-24(23-12-7-15-26(23)19-22-10-5-2-6-11-22)25-16-13-21(14-17-25)18-20-8-3-1-4-9-20/h1-12,21,23H,13-19H2/t23-/m0/s1. The quantitative estimate of drug-likeness (QED) is 0.755. The largest absolute Gasteiger partial charge is 0.341 e. The van der Waals surface area contributed by atoms with Crippen LogP contribution in [0.5, 0.6) is 0 Å². The maximum atomic E-state index is 13.1. The van der Waals surface area contributed by atoms with Crippen molar-refractivity contribution in [3.8, 4) is 0 Å². The molecule has 2 heterocycles. The van der Waals surface area contributed by atoms with Crippen LogP contribution in [0.15, 0.2) is 72.8 Å². The van der Waals surface area contributed by atoms with E-state index < -0.39 is 0 Å². The maximum absolute atomic E-state index is 13.1. The topological polar surface area (TPSA) is 23.6 Å². The number of amides is 1. The van der Waals surface area contributed by atoms with Gasteiger partial charge in [-0.15, -0.1) is 0 Å². The summed E-state index contributed by atoms with van der Waals surface area (Å²) in [6, 6.07) is 21.0. The van der Waals surface area contributed by atoms with E-state index in [4.69, 9.17) is 0 Å². The van der Waals surface area contributed by atoms with E-state index in [-0.39, 0.29) is 11.9 Å². The molecule has 1 saturated heterocycles. The molecule has 2 aliphatic heterocycles. The van der Waals surface area contributed by atoms with Gasteiger partial charge in [0.2, 0.25) is 5.91 Å². The zero-order valence-electron chi connectivity index (χ0n) is 15.8. The van der Waals surface area contributed by atoms with Gasteiger partial charge in [0.1, 0.15) is 6.04 Å². The number of benzene rings is 2. The molecule has 0 radical (unpaired) electrons. The molecule has 2 aromatic carbocycles. The molecule has 4 rings (SSSR count). The molecule has 1 amide bonds. The molecular formula is C24H28N2O. The normalized spacial score (nSPS) is 20.9. The molecule has 0 spiro atoms. The van der Waals surface area contributed by atoms with Crippen LogP contribution in [-0.2, 0) is 17.8 Å². The van der Waals surface area contributed by atoms with Crippen molar-refractivity contribution < 1.29 is 4.79 Å². The van der Waals surface area contributed by atoms with Gasteiger partial charge in [0.15, 0.2) is 0 Å². The summed E-state index contributed by atoms with van der Waals surface area (Å²) in [5, 5.41) is 0. The van der Waals surface area contributed by atoms with Gasteiger partial charge in [-0.1, -0.05) is 72.8 Å². The summed E-state index contributed by atoms with van der Waals surface area (Å²) in [5.41, 5.74) is 2.68. The van der Waals surface area contributed by atoms with E-state index in [9.17, 15) is 4.79 Å². The highest BCUT2D eigenvalue weighted by Gasteiger charge is 2.32. The molecule has 0 aromatic heterocycles. The van der Waals surface area contributed by atoms with Crippen molar-refractivity contribution in [2.24, 2.45) is 5.92 Å². The number of nitrogens with zero attached hydrogens (tertiary/aromatic N) is 2. The third kappa shape index (κ3) is 4.48. The van der Waals surface area contributed by atoms with Crippen LogP contribution in [-0.4, -0.2) is 41.4 Å². The Labute approximate surface area is 162 Å². The van der Waals surface area contributed by atoms with E-state index in [0.29, 0.717) is 5.92 Å². The Morgan fingerprint density at radius 3 is 2.19 bits per heavy atom. The second kappa shape index (κ2) is 8.53. The highest BCUT2D eigenvalue weighted by molar-refractivity contribution is 5.84. The lowest BCUT2D eigenvalue weighted by Crippen LogP contribution is -2.48. The molecule has 0 N–H and O–H groups in total. The number of carbonyl (C=O) groups is 1. The number of hydrogen-bond donors (Lipinski definition) is 0. The summed E-state index contributed by atoms with van der Waals surface area (Å²) < 4.78 is 0. The monoisotopic (exact) mass is 360 g/mol. The van der Waals surface area contributed by atoms with Crippen molar-refractivity contribution >= 4 is 5.91 Å². The van der Waals surface area contributed by atoms with Crippen LogP contribution in [0, 0.1) is 5.92 Å². The maximum Gasteiger partial charge on any atom is 0.243 e. The number of hydrogen-bond acceptors (Lipinski definition) is 2. The lowest BCUT2D eigenvalue weighted by atomic mass is 9.90. The highest BCUT2D eigenvalue weighted by Crippen LogP contribution is 2.24. The first-order valence-electron chi connectivity index (χ1n) is 10.1. The predicted molar refractivity (Wildman–Crippen MR) is 109 cm³/mol. The van der Waals surface area contributed by atoms with Crippen LogP contribution in [0.2, 0.25) is 0 Å². The van der Waals surface area contributed by atoms with Crippen LogP contribution in [0.25, 0.3) is 0 Å². The van der Waals surface area contributed by atoms with Crippen LogP contribution in [0.4, 0.5) is 0 Å². The van der Waals surface area contributed by atoms with Crippen LogP contribution in [0.1, 0.15) is 24.0 Å². The minimum atomic E-state index is -0.101. The van der Waals surface area contributed by atoms with Gasteiger partial charge in [-0.3, -0.25) is 9.69 Å². The molecule has 27 heavy (non-hydrogen) atoms. The molecule has 3 heteroatoms. The molecule has 140 valence electrons. The Hall–Kier alpha value is -2.39. The minimum absolute atomic E-state index is 0.101. The van der Waals surface area contributed by atoms with Crippen molar-refractivity contribution in [1.29, 1.82) is 0 Å². The molecule has 0 bridgehead atoms. The Morgan fingerprint density at radius 1 is 0.889 bits per heavy atom. The van der Waals surface area contributed by atoms with Crippen LogP contribution in [0.3, 0.4) is 0 Å². The average Bonchev–Trinajstić information content (AvgIpc) is 3.18. The fraction of sp³-hybridized carbons (Fsp3) is 0.375. The van der Waals surface area contributed by atoms with Gasteiger partial charge in [-0.25, -0.2) is 0 Å². The lowest BCUT2D eigenvalue weighted by molar-refractivity contribution is -0.136. The molecule has 1 atom stereocenters. The van der Waals surface area contributed by atoms with Gasteiger partial charge in [0.05, 0.1) is 0 Å². The van der Waals surface area contributed by atoms with Gasteiger partial charge >= 0.3 is 0 Å². The third-order valence-electron chi connectivity index (χ3n) is 5.83. The van der Waals surface area contributed by atoms with Crippen molar-refractivity contribution in [2.45, 2.75) is 31.8 Å². The molecule has 2 aliphatic rings. The fourth-order valence-corrected chi connectivity index (χ4v) is 4.27. The average molecular weight is 361 g/mol. The van der Waals surface area contributed by atoms with E-state index in [2.05, 4.69) is 76.5 Å². The van der Waals surface area contributed by atoms with Crippen LogP contribution >= 0.6 is 0 Å². The summed E-state index contributed by atoms with van der Waals surface area (Å²) in [7, 11) is 0. The Balaban J connectivity index is 1.31. The first-order chi connectivity index (χ1) is 13.3. The third-order valence-corrected chi connectivity index (χ3v) is 5.83. The van der Waals surface area contributed by atoms with Gasteiger partial charge in [-0.2, -0.15) is 0 Å². The first-order valence-corrected chi connectivity index (χ1v) is 10.1. The number of rotatable bonds is 5. The summed E-state index contributed by atoms with van der Waals surface area (Å²) in [6.07, 6.45) is 7.56. The van der Waals surface area contributed by atoms with Gasteiger partial charge in [0, 0.05) is 26.2 Å². The van der Waals surface area contributed by atoms with Gasteiger partial charge in [0.25, 0.3) is 0 Å². The van der Waals surface area contributed by atoms with Crippen LogP contribution < -0.4 is 0 Å². The molecule has 0 saturated carbocycles. The molecule has 1 fully saturated rings. The highest BCUT2D eigenvalue weighted by atomic mass is 16.2. The molecule has 3 nitrogen and oxygen atoms in total. The summed E-state index contributed by atoms with van der Waals surface area (Å²) in [5.74, 6) is 0.967. The second-order valence-corrected chi connectivity index (χ2v) is 7.75. The Bertz CT molecular complexity index is 763. The van der Waals surface area contributed by atoms with Crippen molar-refractivity contribution in [3.63, 3.8) is 0 Å². The number of likely N-dealkylation sites (tertiary alicyclic amines) is 1. The van der Waals surface area contributed by atoms with E-state index in [0.717, 1.165) is 45.4 Å². The lowest BCUT2D eigenvalue weighted by Gasteiger charge is -2.35. The zero-order valence-corrected chi connectivity index (χ0v) is 15.8. The van der Waals surface area contributed by atoms with Gasteiger partial charge in [-0.05, 0) is 36.3 Å². The SMILES string of the molecule is O=C([C@@H]1C=CCN1Cc1ccccc1)N1CCC(Cc2ccccc2)CC1. The Morgan fingerprint density at radius 2 is 1.52 bits per heavy atom. The zero-order chi connectivity index (χ0) is 18.5. The Kier molecular flexibility index (Phi) is 5.69. The smallest absolute Gasteiger partial charge is 0.243 e. The first kappa shape index (κ1) is 18.0. The fourth-order valence-electron chi connectivity index (χ4n) is 4.27. The van der Waals surface area contributed by atoms with Crippen molar-refractivity contribution in [3.05, 3.63) is 83.9 Å². The van der Waals surface area contributed by atoms with E-state index in [1.54, 1.807) is 0 Å². The summed E-state index contributed by atoms with van der Waals surface area (Å²) in [4.78, 5) is 17.5. The van der Waals surface area contributed by atoms with Gasteiger partial charge < -0.3 is 4.90 Å². The number of carbonyl (C=O) groups excluding carboxylic acids is 1. The van der Waals surface area contributed by atoms with E-state index >= 15 is 0 Å². The number of piperidine rings is 1. The molecule has 0 aliphatic carbocycles. The van der Waals surface area contributed by atoms with E-state index in [1.807, 2.05) is 6.07 Å². The minimum Gasteiger partial charge on any atom is -0.341 e.